The van der Waals surface area contributed by atoms with Gasteiger partial charge in [-0.3, -0.25) is 4.79 Å². The second-order valence-corrected chi connectivity index (χ2v) is 6.98. The van der Waals surface area contributed by atoms with Crippen LogP contribution >= 0.6 is 11.6 Å². The number of carbonyl (C=O) groups is 1. The van der Waals surface area contributed by atoms with Crippen LogP contribution in [0.4, 0.5) is 0 Å². The maximum absolute atomic E-state index is 13.0. The molecule has 1 fully saturated rings. The van der Waals surface area contributed by atoms with Crippen molar-refractivity contribution in [3.63, 3.8) is 0 Å². The summed E-state index contributed by atoms with van der Waals surface area (Å²) < 4.78 is 1.86. The number of amides is 1. The molecule has 1 aliphatic rings. The van der Waals surface area contributed by atoms with E-state index >= 15 is 0 Å². The Morgan fingerprint density at radius 1 is 1.28 bits per heavy atom. The lowest BCUT2D eigenvalue weighted by Gasteiger charge is -2.31. The molecule has 1 N–H and O–H groups in total. The standard InChI is InChI=1S/C19H25ClN4O/c1-3-6-18-17(19(25)23-11-9-22(4-2)10-12-23)14-21-24(18)16-8-5-7-15(20)13-16/h5,7-8,13-14H,3-4,6,9-12H2,1-2H3/p+1. The van der Waals surface area contributed by atoms with E-state index in [0.717, 1.165) is 62.5 Å². The van der Waals surface area contributed by atoms with Crippen LogP contribution in [0, 0.1) is 0 Å². The van der Waals surface area contributed by atoms with Crippen molar-refractivity contribution in [3.8, 4) is 5.69 Å². The molecule has 1 amide bonds. The van der Waals surface area contributed by atoms with Crippen molar-refractivity contribution in [2.45, 2.75) is 26.7 Å². The lowest BCUT2D eigenvalue weighted by Crippen LogP contribution is -3.14. The summed E-state index contributed by atoms with van der Waals surface area (Å²) in [6.45, 7) is 9.11. The first-order valence-corrected chi connectivity index (χ1v) is 9.47. The second-order valence-electron chi connectivity index (χ2n) is 6.54. The normalized spacial score (nSPS) is 15.6. The van der Waals surface area contributed by atoms with Gasteiger partial charge in [-0.2, -0.15) is 5.10 Å². The number of aromatic nitrogens is 2. The predicted molar refractivity (Wildman–Crippen MR) is 99.7 cm³/mol. The first-order valence-electron chi connectivity index (χ1n) is 9.09. The first kappa shape index (κ1) is 18.0. The molecular formula is C19H26ClN4O+. The van der Waals surface area contributed by atoms with Crippen molar-refractivity contribution >= 4 is 17.5 Å². The third-order valence-corrected chi connectivity index (χ3v) is 5.13. The van der Waals surface area contributed by atoms with Crippen LogP contribution in [0.5, 0.6) is 0 Å². The molecule has 6 heteroatoms. The summed E-state index contributed by atoms with van der Waals surface area (Å²) in [7, 11) is 0. The Morgan fingerprint density at radius 2 is 2.04 bits per heavy atom. The average molecular weight is 362 g/mol. The Kier molecular flexibility index (Phi) is 5.76. The summed E-state index contributed by atoms with van der Waals surface area (Å²) >= 11 is 6.12. The minimum Gasteiger partial charge on any atom is -0.332 e. The van der Waals surface area contributed by atoms with Gasteiger partial charge in [-0.05, 0) is 31.5 Å². The maximum atomic E-state index is 13.0. The number of piperazine rings is 1. The van der Waals surface area contributed by atoms with E-state index in [1.807, 2.05) is 33.8 Å². The summed E-state index contributed by atoms with van der Waals surface area (Å²) in [6.07, 6.45) is 3.49. The molecule has 1 aliphatic heterocycles. The zero-order valence-electron chi connectivity index (χ0n) is 15.0. The number of halogens is 1. The summed E-state index contributed by atoms with van der Waals surface area (Å²) in [5.74, 6) is 0.104. The van der Waals surface area contributed by atoms with Crippen molar-refractivity contribution in [3.05, 3.63) is 46.7 Å². The molecule has 2 heterocycles. The number of benzene rings is 1. The number of hydrogen-bond donors (Lipinski definition) is 1. The van der Waals surface area contributed by atoms with Gasteiger partial charge in [0, 0.05) is 5.02 Å². The molecule has 1 saturated heterocycles. The van der Waals surface area contributed by atoms with Gasteiger partial charge in [-0.15, -0.1) is 0 Å². The molecule has 0 radical (unpaired) electrons. The number of likely N-dealkylation sites (N-methyl/N-ethyl adjacent to an activating group) is 1. The molecule has 5 nitrogen and oxygen atoms in total. The predicted octanol–water partition coefficient (Wildman–Crippen LogP) is 1.84. The fraction of sp³-hybridized carbons (Fsp3) is 0.474. The van der Waals surface area contributed by atoms with Crippen molar-refractivity contribution < 1.29 is 9.69 Å². The van der Waals surface area contributed by atoms with Crippen LogP contribution in [-0.2, 0) is 6.42 Å². The van der Waals surface area contributed by atoms with Crippen molar-refractivity contribution in [1.82, 2.24) is 14.7 Å². The molecule has 1 aromatic carbocycles. The van der Waals surface area contributed by atoms with Gasteiger partial charge in [0.25, 0.3) is 5.91 Å². The van der Waals surface area contributed by atoms with Gasteiger partial charge in [0.2, 0.25) is 0 Å². The molecule has 0 spiro atoms. The van der Waals surface area contributed by atoms with Gasteiger partial charge < -0.3 is 9.80 Å². The van der Waals surface area contributed by atoms with Crippen LogP contribution in [-0.4, -0.2) is 53.3 Å². The Hall–Kier alpha value is -1.85. The molecule has 25 heavy (non-hydrogen) atoms. The zero-order chi connectivity index (χ0) is 17.8. The highest BCUT2D eigenvalue weighted by Gasteiger charge is 2.27. The molecule has 3 rings (SSSR count). The van der Waals surface area contributed by atoms with E-state index in [9.17, 15) is 4.79 Å². The van der Waals surface area contributed by atoms with Gasteiger partial charge >= 0.3 is 0 Å². The van der Waals surface area contributed by atoms with E-state index in [0.29, 0.717) is 5.02 Å². The monoisotopic (exact) mass is 361 g/mol. The number of hydrogen-bond acceptors (Lipinski definition) is 2. The van der Waals surface area contributed by atoms with Crippen molar-refractivity contribution in [1.29, 1.82) is 0 Å². The summed E-state index contributed by atoms with van der Waals surface area (Å²) in [5, 5.41) is 5.17. The van der Waals surface area contributed by atoms with Gasteiger partial charge in [0.1, 0.15) is 0 Å². The van der Waals surface area contributed by atoms with E-state index in [4.69, 9.17) is 11.6 Å². The van der Waals surface area contributed by atoms with Crippen LogP contribution < -0.4 is 4.90 Å². The Balaban J connectivity index is 1.88. The minimum atomic E-state index is 0.104. The highest BCUT2D eigenvalue weighted by molar-refractivity contribution is 6.30. The molecule has 0 aliphatic carbocycles. The van der Waals surface area contributed by atoms with E-state index in [1.165, 1.54) is 0 Å². The van der Waals surface area contributed by atoms with Gasteiger partial charge in [0.05, 0.1) is 55.9 Å². The van der Waals surface area contributed by atoms with E-state index in [-0.39, 0.29) is 5.91 Å². The smallest absolute Gasteiger partial charge is 0.257 e. The van der Waals surface area contributed by atoms with Crippen LogP contribution in [0.1, 0.15) is 36.3 Å². The fourth-order valence-corrected chi connectivity index (χ4v) is 3.59. The molecule has 0 atom stereocenters. The summed E-state index contributed by atoms with van der Waals surface area (Å²) in [4.78, 5) is 16.6. The van der Waals surface area contributed by atoms with Crippen LogP contribution in [0.15, 0.2) is 30.5 Å². The largest absolute Gasteiger partial charge is 0.332 e. The zero-order valence-corrected chi connectivity index (χ0v) is 15.7. The van der Waals surface area contributed by atoms with E-state index in [1.54, 1.807) is 11.1 Å². The molecule has 0 bridgehead atoms. The quantitative estimate of drug-likeness (QED) is 0.883. The van der Waals surface area contributed by atoms with Gasteiger partial charge in [0.15, 0.2) is 0 Å². The van der Waals surface area contributed by atoms with Crippen LogP contribution in [0.2, 0.25) is 5.02 Å². The lowest BCUT2D eigenvalue weighted by molar-refractivity contribution is -0.902. The maximum Gasteiger partial charge on any atom is 0.257 e. The topological polar surface area (TPSA) is 42.6 Å². The number of carbonyl (C=O) groups excluding carboxylic acids is 1. The van der Waals surface area contributed by atoms with E-state index < -0.39 is 0 Å². The number of rotatable bonds is 5. The number of nitrogens with zero attached hydrogens (tertiary/aromatic N) is 3. The van der Waals surface area contributed by atoms with Crippen LogP contribution in [0.25, 0.3) is 5.69 Å². The molecular weight excluding hydrogens is 336 g/mol. The molecule has 134 valence electrons. The Labute approximate surface area is 154 Å². The van der Waals surface area contributed by atoms with Gasteiger partial charge in [-0.1, -0.05) is 31.0 Å². The Morgan fingerprint density at radius 3 is 2.68 bits per heavy atom. The molecule has 2 aromatic rings. The second kappa shape index (κ2) is 8.02. The SMILES string of the molecule is CCCc1c(C(=O)N2CC[NH+](CC)CC2)cnn1-c1cccc(Cl)c1. The molecule has 0 saturated carbocycles. The average Bonchev–Trinajstić information content (AvgIpc) is 3.05. The lowest BCUT2D eigenvalue weighted by atomic mass is 10.1. The van der Waals surface area contributed by atoms with Crippen LogP contribution in [0.3, 0.4) is 0 Å². The minimum absolute atomic E-state index is 0.104. The van der Waals surface area contributed by atoms with Crippen molar-refractivity contribution in [2.75, 3.05) is 32.7 Å². The third kappa shape index (κ3) is 3.88. The third-order valence-electron chi connectivity index (χ3n) is 4.90. The summed E-state index contributed by atoms with van der Waals surface area (Å²) in [6, 6.07) is 7.60. The van der Waals surface area contributed by atoms with Crippen molar-refractivity contribution in [2.24, 2.45) is 0 Å². The first-order chi connectivity index (χ1) is 12.1. The van der Waals surface area contributed by atoms with E-state index in [2.05, 4.69) is 18.9 Å². The number of quaternary nitrogens is 1. The highest BCUT2D eigenvalue weighted by atomic mass is 35.5. The fourth-order valence-electron chi connectivity index (χ4n) is 3.41. The Bertz CT molecular complexity index is 735. The highest BCUT2D eigenvalue weighted by Crippen LogP contribution is 2.21. The molecule has 0 unspecified atom stereocenters. The number of nitrogens with one attached hydrogen (secondary N) is 1. The van der Waals surface area contributed by atoms with Gasteiger partial charge in [-0.25, -0.2) is 4.68 Å². The summed E-state index contributed by atoms with van der Waals surface area (Å²) in [5.41, 5.74) is 2.59. The molecule has 1 aromatic heterocycles.